The average Bonchev–Trinajstić information content (AvgIpc) is 2.91. The summed E-state index contributed by atoms with van der Waals surface area (Å²) in [6, 6.07) is 2.10. The lowest BCUT2D eigenvalue weighted by Gasteiger charge is -2.47. The van der Waals surface area contributed by atoms with Crippen LogP contribution in [0.2, 0.25) is 0 Å². The second-order valence-corrected chi connectivity index (χ2v) is 10.1. The second kappa shape index (κ2) is 11.9. The second-order valence-electron chi connectivity index (χ2n) is 10.1. The number of nitrogens with zero attached hydrogens (tertiary/aromatic N) is 3. The molecule has 13 heteroatoms. The van der Waals surface area contributed by atoms with E-state index in [0.717, 1.165) is 12.3 Å². The third-order valence-electron chi connectivity index (χ3n) is 7.41. The first kappa shape index (κ1) is 30.6. The van der Waals surface area contributed by atoms with Gasteiger partial charge in [0.25, 0.3) is 0 Å². The summed E-state index contributed by atoms with van der Waals surface area (Å²) in [5.74, 6) is -3.67. The van der Waals surface area contributed by atoms with Crippen molar-refractivity contribution in [2.24, 2.45) is 0 Å². The smallest absolute Gasteiger partial charge is 0.341 e. The Morgan fingerprint density at radius 2 is 1.93 bits per heavy atom. The summed E-state index contributed by atoms with van der Waals surface area (Å²) in [6.45, 7) is 8.09. The van der Waals surface area contributed by atoms with Gasteiger partial charge in [-0.15, -0.1) is 6.58 Å². The minimum atomic E-state index is -1.54. The Balaban J connectivity index is 1.93. The molecule has 3 aromatic rings. The number of nitrogens with two attached hydrogens (primary N) is 1. The van der Waals surface area contributed by atoms with Crippen LogP contribution in [0.25, 0.3) is 16.6 Å². The highest BCUT2D eigenvalue weighted by Crippen LogP contribution is 2.38. The van der Waals surface area contributed by atoms with Crippen LogP contribution in [-0.4, -0.2) is 70.8 Å². The lowest BCUT2D eigenvalue weighted by atomic mass is 9.96. The zero-order valence-corrected chi connectivity index (χ0v) is 23.6. The predicted molar refractivity (Wildman–Crippen MR) is 152 cm³/mol. The van der Waals surface area contributed by atoms with E-state index in [9.17, 15) is 29.0 Å². The first-order valence-electron chi connectivity index (χ1n) is 13.0. The molecule has 1 aliphatic rings. The topological polar surface area (TPSA) is 148 Å². The number of likely N-dealkylation sites (N-methyl/N-ethyl adjacent to an activating group) is 1. The highest BCUT2D eigenvalue weighted by molar-refractivity contribution is 5.98. The lowest BCUT2D eigenvalue weighted by molar-refractivity contribution is -0.192. The number of carboxylic acid groups (broad SMARTS) is 1. The number of pyridine rings is 1. The molecule has 2 aromatic carbocycles. The summed E-state index contributed by atoms with van der Waals surface area (Å²) < 4.78 is 42.2. The van der Waals surface area contributed by atoms with Gasteiger partial charge in [0.1, 0.15) is 18.0 Å². The van der Waals surface area contributed by atoms with Crippen LogP contribution in [0.5, 0.6) is 0 Å². The summed E-state index contributed by atoms with van der Waals surface area (Å²) in [5, 5.41) is 19.9. The first-order chi connectivity index (χ1) is 19.8. The number of aromatic nitrogens is 1. The third-order valence-corrected chi connectivity index (χ3v) is 7.41. The van der Waals surface area contributed by atoms with E-state index in [4.69, 9.17) is 15.2 Å². The maximum absolute atomic E-state index is 16.0. The van der Waals surface area contributed by atoms with Crippen LogP contribution in [0.4, 0.5) is 20.2 Å². The molecule has 42 heavy (non-hydrogen) atoms. The first-order valence-corrected chi connectivity index (χ1v) is 13.0. The Morgan fingerprint density at radius 1 is 1.26 bits per heavy atom. The highest BCUT2D eigenvalue weighted by atomic mass is 19.1. The number of benzene rings is 2. The van der Waals surface area contributed by atoms with E-state index in [0.29, 0.717) is 18.7 Å². The van der Waals surface area contributed by atoms with Gasteiger partial charge >= 0.3 is 11.9 Å². The molecule has 0 amide bonds. The van der Waals surface area contributed by atoms with Crippen LogP contribution < -0.4 is 16.1 Å². The molecule has 1 fully saturated rings. The molecule has 0 spiro atoms. The number of carbonyl (C=O) groups is 2. The quantitative estimate of drug-likeness (QED) is 0.140. The molecule has 4 rings (SSSR count). The number of anilines is 2. The van der Waals surface area contributed by atoms with Gasteiger partial charge in [0.15, 0.2) is 5.82 Å². The molecule has 4 N–H and O–H groups in total. The number of rotatable bonds is 10. The van der Waals surface area contributed by atoms with Gasteiger partial charge in [-0.25, -0.2) is 13.6 Å². The van der Waals surface area contributed by atoms with Gasteiger partial charge in [-0.1, -0.05) is 6.08 Å². The molecular formula is C29H32F2N4O7. The van der Waals surface area contributed by atoms with Crippen molar-refractivity contribution in [3.8, 4) is 5.69 Å². The fourth-order valence-electron chi connectivity index (χ4n) is 5.10. The number of carboxylic acids is 1. The van der Waals surface area contributed by atoms with Crippen molar-refractivity contribution in [3.63, 3.8) is 0 Å². The van der Waals surface area contributed by atoms with E-state index in [-0.39, 0.29) is 58.3 Å². The zero-order chi connectivity index (χ0) is 31.0. The molecule has 0 bridgehead atoms. The molecule has 1 aliphatic heterocycles. The molecule has 224 valence electrons. The minimum Gasteiger partial charge on any atom is -0.477 e. The van der Waals surface area contributed by atoms with Crippen molar-refractivity contribution in [1.29, 1.82) is 0 Å². The van der Waals surface area contributed by atoms with Crippen molar-refractivity contribution >= 4 is 34.2 Å². The average molecular weight is 587 g/mol. The van der Waals surface area contributed by atoms with E-state index in [1.54, 1.807) is 23.8 Å². The fourth-order valence-corrected chi connectivity index (χ4v) is 5.10. The van der Waals surface area contributed by atoms with Crippen molar-refractivity contribution < 1.29 is 38.1 Å². The fraction of sp³-hybridized carbons (Fsp3) is 0.345. The zero-order valence-electron chi connectivity index (χ0n) is 23.6. The summed E-state index contributed by atoms with van der Waals surface area (Å²) >= 11 is 0. The number of hydrogen-bond acceptors (Lipinski definition) is 9. The number of nitrogen functional groups attached to an aromatic ring is 1. The van der Waals surface area contributed by atoms with Gasteiger partial charge in [-0.3, -0.25) is 14.5 Å². The summed E-state index contributed by atoms with van der Waals surface area (Å²) in [7, 11) is 1.67. The molecule has 1 atom stereocenters. The number of ether oxygens (including phenoxy) is 2. The monoisotopic (exact) mass is 586 g/mol. The highest BCUT2D eigenvalue weighted by Gasteiger charge is 2.37. The SMILES string of the molecule is C=CCOC(O)N(C)C1CN(c2c(F)c(C)c3c(=O)c(C(=O)O)cn(-c4cc(N)c(F)cc4COC(C)=O)c3c2C)C1. The normalized spacial score (nSPS) is 14.2. The number of fused-ring (bicyclic) bond motifs is 1. The van der Waals surface area contributed by atoms with Crippen molar-refractivity contribution in [1.82, 2.24) is 9.47 Å². The third kappa shape index (κ3) is 5.45. The number of aryl methyl sites for hydroxylation is 2. The van der Waals surface area contributed by atoms with Crippen molar-refractivity contribution in [3.05, 3.63) is 75.1 Å². The molecule has 1 aromatic heterocycles. The number of aliphatic hydroxyl groups is 1. The summed E-state index contributed by atoms with van der Waals surface area (Å²) in [5.41, 5.74) is 4.95. The Bertz CT molecular complexity index is 1650. The Morgan fingerprint density at radius 3 is 2.52 bits per heavy atom. The largest absolute Gasteiger partial charge is 0.477 e. The Labute approximate surface area is 240 Å². The van der Waals surface area contributed by atoms with Crippen LogP contribution in [-0.2, 0) is 20.9 Å². The molecule has 1 saturated heterocycles. The van der Waals surface area contributed by atoms with Gasteiger partial charge in [0.2, 0.25) is 11.8 Å². The Kier molecular flexibility index (Phi) is 8.66. The predicted octanol–water partition coefficient (Wildman–Crippen LogP) is 2.83. The number of carbonyl (C=O) groups excluding carboxylic acids is 1. The van der Waals surface area contributed by atoms with E-state index in [2.05, 4.69) is 6.58 Å². The number of hydrogen-bond donors (Lipinski definition) is 3. The van der Waals surface area contributed by atoms with Gasteiger partial charge < -0.3 is 34.9 Å². The van der Waals surface area contributed by atoms with Crippen molar-refractivity contribution in [2.45, 2.75) is 39.8 Å². The van der Waals surface area contributed by atoms with Crippen LogP contribution in [0, 0.1) is 25.5 Å². The standard InChI is InChI=1S/C29H32F2N4O7/c1-6-7-41-29(40)33(5)18-10-34(11-18)26-15(3)25-23(14(2)24(26)31)27(37)19(28(38)39)12-35(25)22-9-21(32)20(30)8-17(22)13-42-16(4)36/h6,8-9,12,18,29,40H,1,7,10-11,13,32H2,2-5H3,(H,38,39). The van der Waals surface area contributed by atoms with E-state index < -0.39 is 41.0 Å². The minimum absolute atomic E-state index is 0.0739. The number of aliphatic hydroxyl groups excluding tert-OH is 1. The van der Waals surface area contributed by atoms with Gasteiger partial charge in [0, 0.05) is 48.9 Å². The maximum atomic E-state index is 16.0. The number of aromatic carboxylic acids is 1. The van der Waals surface area contributed by atoms with E-state index in [1.165, 1.54) is 30.6 Å². The molecular weight excluding hydrogens is 554 g/mol. The van der Waals surface area contributed by atoms with Crippen molar-refractivity contribution in [2.75, 3.05) is 37.4 Å². The van der Waals surface area contributed by atoms with Gasteiger partial charge in [-0.05, 0) is 33.0 Å². The number of esters is 1. The van der Waals surface area contributed by atoms with E-state index in [1.807, 2.05) is 0 Å². The number of halogens is 2. The van der Waals surface area contributed by atoms with Gasteiger partial charge in [0.05, 0.1) is 34.6 Å². The molecule has 0 aliphatic carbocycles. The van der Waals surface area contributed by atoms with E-state index >= 15 is 4.39 Å². The van der Waals surface area contributed by atoms with Crippen LogP contribution in [0.1, 0.15) is 34.0 Å². The summed E-state index contributed by atoms with van der Waals surface area (Å²) in [4.78, 5) is 40.3. The molecule has 0 radical (unpaired) electrons. The Hall–Kier alpha value is -4.33. The maximum Gasteiger partial charge on any atom is 0.341 e. The summed E-state index contributed by atoms with van der Waals surface area (Å²) in [6.07, 6.45) is 1.38. The van der Waals surface area contributed by atoms with Crippen LogP contribution in [0.3, 0.4) is 0 Å². The molecule has 0 saturated carbocycles. The van der Waals surface area contributed by atoms with Crippen LogP contribution >= 0.6 is 0 Å². The van der Waals surface area contributed by atoms with Crippen LogP contribution in [0.15, 0.2) is 35.8 Å². The van der Waals surface area contributed by atoms with Gasteiger partial charge in [-0.2, -0.15) is 0 Å². The molecule has 2 heterocycles. The molecule has 11 nitrogen and oxygen atoms in total. The molecule has 1 unspecified atom stereocenters. The lowest BCUT2D eigenvalue weighted by Crippen LogP contribution is -2.61.